The Kier molecular flexibility index (Phi) is 3.43. The molecule has 1 fully saturated rings. The molecule has 1 atom stereocenters. The van der Waals surface area contributed by atoms with Gasteiger partial charge in [-0.15, -0.1) is 0 Å². The van der Waals surface area contributed by atoms with Crippen molar-refractivity contribution in [3.63, 3.8) is 0 Å². The molecule has 1 saturated heterocycles. The number of rotatable bonds is 2. The quantitative estimate of drug-likeness (QED) is 0.778. The van der Waals surface area contributed by atoms with Crippen molar-refractivity contribution in [2.24, 2.45) is 0 Å². The van der Waals surface area contributed by atoms with Crippen LogP contribution < -0.4 is 4.74 Å². The molecular formula is C15H23NO. The highest BCUT2D eigenvalue weighted by Gasteiger charge is 2.24. The van der Waals surface area contributed by atoms with E-state index in [1.54, 1.807) is 0 Å². The molecule has 1 unspecified atom stereocenters. The summed E-state index contributed by atoms with van der Waals surface area (Å²) in [5.74, 6) is 1.06. The van der Waals surface area contributed by atoms with Crippen molar-refractivity contribution in [1.82, 2.24) is 4.90 Å². The molecule has 0 aliphatic carbocycles. The molecule has 2 nitrogen and oxygen atoms in total. The lowest BCUT2D eigenvalue weighted by molar-refractivity contribution is 0.204. The number of benzene rings is 1. The number of hydrogen-bond donors (Lipinski definition) is 0. The maximum atomic E-state index is 6.16. The van der Waals surface area contributed by atoms with E-state index in [4.69, 9.17) is 4.74 Å². The predicted molar refractivity (Wildman–Crippen MR) is 71.7 cm³/mol. The fourth-order valence-electron chi connectivity index (χ4n) is 2.36. The summed E-state index contributed by atoms with van der Waals surface area (Å²) in [6.45, 7) is 8.88. The lowest BCUT2D eigenvalue weighted by atomic mass is 9.86. The van der Waals surface area contributed by atoms with E-state index in [1.165, 1.54) is 5.56 Å². The van der Waals surface area contributed by atoms with Gasteiger partial charge in [-0.25, -0.2) is 0 Å². The van der Waals surface area contributed by atoms with Crippen LogP contribution in [0.4, 0.5) is 0 Å². The van der Waals surface area contributed by atoms with Crippen LogP contribution in [0.2, 0.25) is 0 Å². The van der Waals surface area contributed by atoms with Crippen molar-refractivity contribution in [2.75, 3.05) is 20.1 Å². The summed E-state index contributed by atoms with van der Waals surface area (Å²) in [7, 11) is 2.15. The Labute approximate surface area is 105 Å². The molecule has 0 saturated carbocycles. The Morgan fingerprint density at radius 3 is 2.53 bits per heavy atom. The minimum Gasteiger partial charge on any atom is -0.489 e. The molecule has 2 rings (SSSR count). The smallest absolute Gasteiger partial charge is 0.123 e. The van der Waals surface area contributed by atoms with Crippen molar-refractivity contribution in [3.05, 3.63) is 29.8 Å². The number of para-hydroxylation sites is 1. The Hall–Kier alpha value is -1.02. The second kappa shape index (κ2) is 4.69. The van der Waals surface area contributed by atoms with Crippen molar-refractivity contribution < 1.29 is 4.74 Å². The molecule has 0 N–H and O–H groups in total. The summed E-state index contributed by atoms with van der Waals surface area (Å²) in [4.78, 5) is 2.32. The van der Waals surface area contributed by atoms with Gasteiger partial charge in [0.05, 0.1) is 0 Å². The summed E-state index contributed by atoms with van der Waals surface area (Å²) in [6.07, 6.45) is 1.48. The first-order chi connectivity index (χ1) is 7.97. The van der Waals surface area contributed by atoms with Crippen LogP contribution in [-0.2, 0) is 5.41 Å². The van der Waals surface area contributed by atoms with Gasteiger partial charge in [-0.05, 0) is 30.5 Å². The number of ether oxygens (including phenoxy) is 1. The van der Waals surface area contributed by atoms with Crippen LogP contribution in [0.5, 0.6) is 5.75 Å². The first-order valence-corrected chi connectivity index (χ1v) is 6.41. The van der Waals surface area contributed by atoms with Gasteiger partial charge >= 0.3 is 0 Å². The molecular weight excluding hydrogens is 210 g/mol. The number of hydrogen-bond acceptors (Lipinski definition) is 2. The molecule has 0 aromatic heterocycles. The van der Waals surface area contributed by atoms with E-state index in [9.17, 15) is 0 Å². The van der Waals surface area contributed by atoms with Crippen LogP contribution >= 0.6 is 0 Å². The van der Waals surface area contributed by atoms with E-state index in [0.29, 0.717) is 6.10 Å². The molecule has 17 heavy (non-hydrogen) atoms. The minimum absolute atomic E-state index is 0.140. The van der Waals surface area contributed by atoms with Crippen LogP contribution in [0.25, 0.3) is 0 Å². The van der Waals surface area contributed by atoms with Crippen LogP contribution in [0.15, 0.2) is 24.3 Å². The molecule has 1 aromatic carbocycles. The lowest BCUT2D eigenvalue weighted by Crippen LogP contribution is -2.23. The number of likely N-dealkylation sites (N-methyl/N-ethyl adjacent to an activating group) is 1. The molecule has 0 radical (unpaired) electrons. The first kappa shape index (κ1) is 12.4. The number of likely N-dealkylation sites (tertiary alicyclic amines) is 1. The zero-order valence-electron chi connectivity index (χ0n) is 11.4. The molecule has 94 valence electrons. The van der Waals surface area contributed by atoms with E-state index in [-0.39, 0.29) is 5.41 Å². The van der Waals surface area contributed by atoms with Crippen LogP contribution in [-0.4, -0.2) is 31.1 Å². The SMILES string of the molecule is CN1CCC(Oc2ccccc2C(C)(C)C)C1. The molecule has 1 heterocycles. The minimum atomic E-state index is 0.140. The van der Waals surface area contributed by atoms with Gasteiger partial charge in [0.15, 0.2) is 0 Å². The third kappa shape index (κ3) is 3.01. The highest BCUT2D eigenvalue weighted by Crippen LogP contribution is 2.32. The van der Waals surface area contributed by atoms with Gasteiger partial charge in [0, 0.05) is 13.1 Å². The Bertz CT molecular complexity index is 381. The normalized spacial score (nSPS) is 21.8. The molecule has 0 spiro atoms. The molecule has 1 aromatic rings. The maximum Gasteiger partial charge on any atom is 0.123 e. The van der Waals surface area contributed by atoms with Gasteiger partial charge < -0.3 is 9.64 Å². The molecule has 0 amide bonds. The molecule has 0 bridgehead atoms. The summed E-state index contributed by atoms with van der Waals surface area (Å²) >= 11 is 0. The average Bonchev–Trinajstić information content (AvgIpc) is 2.63. The molecule has 1 aliphatic rings. The lowest BCUT2D eigenvalue weighted by Gasteiger charge is -2.24. The zero-order valence-corrected chi connectivity index (χ0v) is 11.4. The monoisotopic (exact) mass is 233 g/mol. The molecule has 2 heteroatoms. The van der Waals surface area contributed by atoms with Gasteiger partial charge in [0.1, 0.15) is 11.9 Å². The van der Waals surface area contributed by atoms with Crippen LogP contribution in [0.3, 0.4) is 0 Å². The van der Waals surface area contributed by atoms with Gasteiger partial charge in [0.2, 0.25) is 0 Å². The Balaban J connectivity index is 2.15. The van der Waals surface area contributed by atoms with Crippen LogP contribution in [0.1, 0.15) is 32.8 Å². The average molecular weight is 233 g/mol. The Morgan fingerprint density at radius 1 is 1.24 bits per heavy atom. The summed E-state index contributed by atoms with van der Waals surface area (Å²) in [5, 5.41) is 0. The van der Waals surface area contributed by atoms with Gasteiger partial charge in [-0.2, -0.15) is 0 Å². The topological polar surface area (TPSA) is 12.5 Å². The fourth-order valence-corrected chi connectivity index (χ4v) is 2.36. The van der Waals surface area contributed by atoms with Gasteiger partial charge in [-0.1, -0.05) is 39.0 Å². The second-order valence-corrected chi connectivity index (χ2v) is 6.04. The summed E-state index contributed by atoms with van der Waals surface area (Å²) < 4.78 is 6.16. The first-order valence-electron chi connectivity index (χ1n) is 6.41. The highest BCUT2D eigenvalue weighted by atomic mass is 16.5. The van der Waals surface area contributed by atoms with Crippen molar-refractivity contribution in [2.45, 2.75) is 38.7 Å². The van der Waals surface area contributed by atoms with Crippen molar-refractivity contribution in [3.8, 4) is 5.75 Å². The largest absolute Gasteiger partial charge is 0.489 e. The maximum absolute atomic E-state index is 6.16. The third-order valence-corrected chi connectivity index (χ3v) is 3.34. The summed E-state index contributed by atoms with van der Waals surface area (Å²) in [6, 6.07) is 8.42. The third-order valence-electron chi connectivity index (χ3n) is 3.34. The van der Waals surface area contributed by atoms with E-state index in [1.807, 2.05) is 0 Å². The predicted octanol–water partition coefficient (Wildman–Crippen LogP) is 3.07. The van der Waals surface area contributed by atoms with E-state index < -0.39 is 0 Å². The van der Waals surface area contributed by atoms with Gasteiger partial charge in [0.25, 0.3) is 0 Å². The second-order valence-electron chi connectivity index (χ2n) is 6.04. The zero-order chi connectivity index (χ0) is 12.5. The highest BCUT2D eigenvalue weighted by molar-refractivity contribution is 5.38. The fraction of sp³-hybridized carbons (Fsp3) is 0.600. The van der Waals surface area contributed by atoms with Crippen LogP contribution in [0, 0.1) is 0 Å². The summed E-state index contributed by atoms with van der Waals surface area (Å²) in [5.41, 5.74) is 1.44. The number of nitrogens with zero attached hydrogens (tertiary/aromatic N) is 1. The van der Waals surface area contributed by atoms with Gasteiger partial charge in [-0.3, -0.25) is 0 Å². The standard InChI is InChI=1S/C15H23NO/c1-15(2,3)13-7-5-6-8-14(13)17-12-9-10-16(4)11-12/h5-8,12H,9-11H2,1-4H3. The Morgan fingerprint density at radius 2 is 1.94 bits per heavy atom. The van der Waals surface area contributed by atoms with E-state index in [0.717, 1.165) is 25.3 Å². The van der Waals surface area contributed by atoms with E-state index >= 15 is 0 Å². The molecule has 1 aliphatic heterocycles. The van der Waals surface area contributed by atoms with E-state index in [2.05, 4.69) is 57.0 Å². The van der Waals surface area contributed by atoms with Crippen molar-refractivity contribution in [1.29, 1.82) is 0 Å². The van der Waals surface area contributed by atoms with Crippen molar-refractivity contribution >= 4 is 0 Å².